The summed E-state index contributed by atoms with van der Waals surface area (Å²) in [6.07, 6.45) is 10.4. The van der Waals surface area contributed by atoms with Gasteiger partial charge in [0.1, 0.15) is 12.5 Å². The van der Waals surface area contributed by atoms with Crippen LogP contribution in [0, 0.1) is 0 Å². The number of hydrogen-bond donors (Lipinski definition) is 2. The first-order chi connectivity index (χ1) is 14.4. The third-order valence-corrected chi connectivity index (χ3v) is 5.04. The number of carbonyl (C=O) groups is 3. The maximum atomic E-state index is 11.7. The Balaban J connectivity index is 4.21. The molecule has 0 amide bonds. The molecule has 0 fully saturated rings. The monoisotopic (exact) mass is 430 g/mol. The standard InChI is InChI=1S/C23H42O7/c1-3-5-6-7-9-12-15-19(24)20(30-23(28)18-21(25)26)16-13-10-8-11-14-17-22(27)29-4-2/h19-20,24H,3-18H2,1-2H3,(H,25,26). The fourth-order valence-electron chi connectivity index (χ4n) is 3.36. The summed E-state index contributed by atoms with van der Waals surface area (Å²) in [5, 5.41) is 19.2. The molecule has 2 atom stereocenters. The van der Waals surface area contributed by atoms with Crippen molar-refractivity contribution in [1.82, 2.24) is 0 Å². The van der Waals surface area contributed by atoms with E-state index in [0.717, 1.165) is 51.4 Å². The highest BCUT2D eigenvalue weighted by atomic mass is 16.6. The van der Waals surface area contributed by atoms with E-state index in [4.69, 9.17) is 14.6 Å². The highest BCUT2D eigenvalue weighted by molar-refractivity contribution is 5.90. The molecule has 2 N–H and O–H groups in total. The number of aliphatic hydroxyl groups is 1. The Bertz CT molecular complexity index is 464. The van der Waals surface area contributed by atoms with Crippen LogP contribution in [0.5, 0.6) is 0 Å². The van der Waals surface area contributed by atoms with Crippen LogP contribution in [0.4, 0.5) is 0 Å². The molecule has 7 nitrogen and oxygen atoms in total. The van der Waals surface area contributed by atoms with Crippen LogP contribution in [-0.2, 0) is 23.9 Å². The molecule has 0 heterocycles. The largest absolute Gasteiger partial charge is 0.481 e. The summed E-state index contributed by atoms with van der Waals surface area (Å²) in [5.74, 6) is -2.20. The lowest BCUT2D eigenvalue weighted by molar-refractivity contribution is -0.160. The van der Waals surface area contributed by atoms with Gasteiger partial charge in [0, 0.05) is 6.42 Å². The van der Waals surface area contributed by atoms with Gasteiger partial charge in [-0.05, 0) is 32.6 Å². The fourth-order valence-corrected chi connectivity index (χ4v) is 3.36. The topological polar surface area (TPSA) is 110 Å². The van der Waals surface area contributed by atoms with Crippen molar-refractivity contribution in [2.45, 2.75) is 122 Å². The van der Waals surface area contributed by atoms with E-state index in [0.29, 0.717) is 25.9 Å². The first-order valence-electron chi connectivity index (χ1n) is 11.7. The zero-order chi connectivity index (χ0) is 22.6. The maximum absolute atomic E-state index is 11.7. The van der Waals surface area contributed by atoms with Crippen molar-refractivity contribution in [2.75, 3.05) is 6.61 Å². The summed E-state index contributed by atoms with van der Waals surface area (Å²) >= 11 is 0. The van der Waals surface area contributed by atoms with E-state index in [1.807, 2.05) is 0 Å². The molecule has 0 rings (SSSR count). The number of ether oxygens (including phenoxy) is 2. The molecule has 0 aromatic heterocycles. The van der Waals surface area contributed by atoms with Crippen molar-refractivity contribution in [3.8, 4) is 0 Å². The number of carboxylic acids is 1. The molecule has 0 aliphatic heterocycles. The van der Waals surface area contributed by atoms with E-state index in [-0.39, 0.29) is 5.97 Å². The third kappa shape index (κ3) is 17.2. The first kappa shape index (κ1) is 28.4. The van der Waals surface area contributed by atoms with Crippen LogP contribution in [0.25, 0.3) is 0 Å². The van der Waals surface area contributed by atoms with Gasteiger partial charge in [-0.15, -0.1) is 0 Å². The molecular formula is C23H42O7. The van der Waals surface area contributed by atoms with E-state index in [2.05, 4.69) is 6.92 Å². The quantitative estimate of drug-likeness (QED) is 0.162. The predicted molar refractivity (Wildman–Crippen MR) is 115 cm³/mol. The van der Waals surface area contributed by atoms with Gasteiger partial charge in [0.2, 0.25) is 0 Å². The average molecular weight is 431 g/mol. The van der Waals surface area contributed by atoms with E-state index in [9.17, 15) is 19.5 Å². The first-order valence-corrected chi connectivity index (χ1v) is 11.7. The minimum Gasteiger partial charge on any atom is -0.481 e. The van der Waals surface area contributed by atoms with E-state index < -0.39 is 30.6 Å². The molecule has 2 unspecified atom stereocenters. The molecule has 0 aliphatic rings. The zero-order valence-electron chi connectivity index (χ0n) is 18.9. The highest BCUT2D eigenvalue weighted by Gasteiger charge is 2.23. The number of aliphatic hydroxyl groups excluding tert-OH is 1. The van der Waals surface area contributed by atoms with Gasteiger partial charge in [0.25, 0.3) is 0 Å². The van der Waals surface area contributed by atoms with Gasteiger partial charge in [0.15, 0.2) is 0 Å². The molecule has 0 aromatic carbocycles. The summed E-state index contributed by atoms with van der Waals surface area (Å²) in [6.45, 7) is 4.36. The van der Waals surface area contributed by atoms with Gasteiger partial charge >= 0.3 is 17.9 Å². The number of unbranched alkanes of at least 4 members (excludes halogenated alkanes) is 9. The molecule has 0 bridgehead atoms. The summed E-state index contributed by atoms with van der Waals surface area (Å²) in [7, 11) is 0. The van der Waals surface area contributed by atoms with Crippen molar-refractivity contribution in [3.05, 3.63) is 0 Å². The lowest BCUT2D eigenvalue weighted by atomic mass is 9.99. The highest BCUT2D eigenvalue weighted by Crippen LogP contribution is 2.18. The Morgan fingerprint density at radius 1 is 0.767 bits per heavy atom. The number of hydrogen-bond acceptors (Lipinski definition) is 6. The van der Waals surface area contributed by atoms with Crippen LogP contribution >= 0.6 is 0 Å². The van der Waals surface area contributed by atoms with Crippen molar-refractivity contribution >= 4 is 17.9 Å². The molecule has 0 saturated heterocycles. The van der Waals surface area contributed by atoms with Gasteiger partial charge in [-0.2, -0.15) is 0 Å². The van der Waals surface area contributed by atoms with Crippen LogP contribution < -0.4 is 0 Å². The normalized spacial score (nSPS) is 12.9. The Hall–Kier alpha value is -1.63. The molecular weight excluding hydrogens is 388 g/mol. The average Bonchev–Trinajstić information content (AvgIpc) is 2.68. The van der Waals surface area contributed by atoms with Gasteiger partial charge in [-0.25, -0.2) is 0 Å². The summed E-state index contributed by atoms with van der Waals surface area (Å²) in [4.78, 5) is 33.8. The minimum atomic E-state index is -1.23. The predicted octanol–water partition coefficient (Wildman–Crippen LogP) is 4.78. The van der Waals surface area contributed by atoms with Gasteiger partial charge < -0.3 is 19.7 Å². The maximum Gasteiger partial charge on any atom is 0.317 e. The summed E-state index contributed by atoms with van der Waals surface area (Å²) in [6, 6.07) is 0. The molecule has 0 saturated carbocycles. The van der Waals surface area contributed by atoms with E-state index in [1.165, 1.54) is 19.3 Å². The zero-order valence-corrected chi connectivity index (χ0v) is 18.9. The van der Waals surface area contributed by atoms with Gasteiger partial charge in [-0.1, -0.05) is 64.7 Å². The van der Waals surface area contributed by atoms with Crippen molar-refractivity contribution < 1.29 is 34.1 Å². The molecule has 7 heteroatoms. The van der Waals surface area contributed by atoms with E-state index in [1.54, 1.807) is 6.92 Å². The molecule has 176 valence electrons. The number of carboxylic acid groups (broad SMARTS) is 1. The van der Waals surface area contributed by atoms with Crippen LogP contribution in [-0.4, -0.2) is 46.9 Å². The van der Waals surface area contributed by atoms with Crippen molar-refractivity contribution in [2.24, 2.45) is 0 Å². The Morgan fingerprint density at radius 2 is 1.33 bits per heavy atom. The SMILES string of the molecule is CCCCCCCCC(O)C(CCCCCCCC(=O)OCC)OC(=O)CC(=O)O. The Morgan fingerprint density at radius 3 is 1.93 bits per heavy atom. The van der Waals surface area contributed by atoms with Gasteiger partial charge in [0.05, 0.1) is 12.7 Å². The lowest BCUT2D eigenvalue weighted by Gasteiger charge is -2.23. The van der Waals surface area contributed by atoms with Crippen LogP contribution in [0.1, 0.15) is 110 Å². The van der Waals surface area contributed by atoms with Crippen LogP contribution in [0.3, 0.4) is 0 Å². The van der Waals surface area contributed by atoms with Crippen molar-refractivity contribution in [1.29, 1.82) is 0 Å². The smallest absolute Gasteiger partial charge is 0.317 e. The molecule has 0 radical (unpaired) electrons. The fraction of sp³-hybridized carbons (Fsp3) is 0.870. The van der Waals surface area contributed by atoms with Crippen LogP contribution in [0.15, 0.2) is 0 Å². The lowest BCUT2D eigenvalue weighted by Crippen LogP contribution is -2.32. The second kappa shape index (κ2) is 19.3. The van der Waals surface area contributed by atoms with E-state index >= 15 is 0 Å². The third-order valence-electron chi connectivity index (χ3n) is 5.04. The summed E-state index contributed by atoms with van der Waals surface area (Å²) < 4.78 is 10.2. The Labute approximate surface area is 181 Å². The summed E-state index contributed by atoms with van der Waals surface area (Å²) in [5.41, 5.74) is 0. The number of rotatable bonds is 20. The molecule has 0 aliphatic carbocycles. The second-order valence-corrected chi connectivity index (χ2v) is 7.83. The number of esters is 2. The van der Waals surface area contributed by atoms with Gasteiger partial charge in [-0.3, -0.25) is 14.4 Å². The number of carbonyl (C=O) groups excluding carboxylic acids is 2. The number of aliphatic carboxylic acids is 1. The molecule has 30 heavy (non-hydrogen) atoms. The Kier molecular flexibility index (Phi) is 18.3. The second-order valence-electron chi connectivity index (χ2n) is 7.83. The van der Waals surface area contributed by atoms with Crippen LogP contribution in [0.2, 0.25) is 0 Å². The molecule has 0 aromatic rings. The minimum absolute atomic E-state index is 0.166. The van der Waals surface area contributed by atoms with Crippen molar-refractivity contribution in [3.63, 3.8) is 0 Å². The molecule has 0 spiro atoms.